The quantitative estimate of drug-likeness (QED) is 0.817. The van der Waals surface area contributed by atoms with Gasteiger partial charge in [-0.2, -0.15) is 5.26 Å². The van der Waals surface area contributed by atoms with Gasteiger partial charge in [-0.15, -0.1) is 0 Å². The summed E-state index contributed by atoms with van der Waals surface area (Å²) in [7, 11) is 0. The number of ether oxygens (including phenoxy) is 1. The van der Waals surface area contributed by atoms with Crippen LogP contribution in [0.15, 0.2) is 22.7 Å². The van der Waals surface area contributed by atoms with Crippen LogP contribution in [0, 0.1) is 11.3 Å². The minimum Gasteiger partial charge on any atom is -0.493 e. The second-order valence-corrected chi connectivity index (χ2v) is 4.74. The number of unbranched alkanes of at least 4 members (excludes halogenated alkanes) is 2. The minimum absolute atomic E-state index is 0.544. The highest BCUT2D eigenvalue weighted by Crippen LogP contribution is 2.28. The van der Waals surface area contributed by atoms with E-state index in [-0.39, 0.29) is 0 Å². The summed E-state index contributed by atoms with van der Waals surface area (Å²) in [4.78, 5) is 0. The number of benzene rings is 1. The topological polar surface area (TPSA) is 53.2 Å². The van der Waals surface area contributed by atoms with Crippen molar-refractivity contribution in [3.63, 3.8) is 0 Å². The van der Waals surface area contributed by atoms with Crippen molar-refractivity contribution in [2.45, 2.75) is 32.3 Å². The molecule has 0 spiro atoms. The minimum atomic E-state index is -0.544. The van der Waals surface area contributed by atoms with E-state index in [0.29, 0.717) is 18.8 Å². The highest BCUT2D eigenvalue weighted by molar-refractivity contribution is 9.10. The lowest BCUT2D eigenvalue weighted by Gasteiger charge is -2.13. The normalized spacial score (nSPS) is 11.9. The van der Waals surface area contributed by atoms with Gasteiger partial charge in [0.2, 0.25) is 0 Å². The molecule has 0 saturated heterocycles. The summed E-state index contributed by atoms with van der Waals surface area (Å²) in [5.74, 6) is 0.700. The molecule has 0 saturated carbocycles. The van der Waals surface area contributed by atoms with Gasteiger partial charge in [-0.1, -0.05) is 22.0 Å². The monoisotopic (exact) mass is 297 g/mol. The fourth-order valence-electron chi connectivity index (χ4n) is 1.47. The van der Waals surface area contributed by atoms with E-state index in [1.807, 2.05) is 18.2 Å². The number of halogens is 1. The van der Waals surface area contributed by atoms with E-state index in [1.165, 1.54) is 0 Å². The summed E-state index contributed by atoms with van der Waals surface area (Å²) in [6.07, 6.45) is 1.70. The van der Waals surface area contributed by atoms with Crippen molar-refractivity contribution in [1.29, 1.82) is 5.26 Å². The number of nitrogens with zero attached hydrogens (tertiary/aromatic N) is 1. The molecule has 1 rings (SSSR count). The lowest BCUT2D eigenvalue weighted by Crippen LogP contribution is -2.02. The molecule has 0 bridgehead atoms. The molecule has 1 atom stereocenters. The Morgan fingerprint density at radius 1 is 1.47 bits per heavy atom. The second kappa shape index (κ2) is 7.31. The van der Waals surface area contributed by atoms with Crippen molar-refractivity contribution in [1.82, 2.24) is 0 Å². The molecule has 1 N–H and O–H groups in total. The Bertz CT molecular complexity index is 399. The predicted molar refractivity (Wildman–Crippen MR) is 69.7 cm³/mol. The first kappa shape index (κ1) is 14.0. The Morgan fingerprint density at radius 3 is 2.88 bits per heavy atom. The van der Waals surface area contributed by atoms with Gasteiger partial charge in [0, 0.05) is 16.5 Å². The van der Waals surface area contributed by atoms with Crippen LogP contribution in [-0.4, -0.2) is 11.7 Å². The molecular formula is C13H16BrNO2. The van der Waals surface area contributed by atoms with Crippen molar-refractivity contribution in [3.8, 4) is 11.8 Å². The first-order valence-electron chi connectivity index (χ1n) is 5.62. The average Bonchev–Trinajstić information content (AvgIpc) is 2.28. The maximum absolute atomic E-state index is 9.60. The summed E-state index contributed by atoms with van der Waals surface area (Å²) >= 11 is 3.37. The Labute approximate surface area is 110 Å². The summed E-state index contributed by atoms with van der Waals surface area (Å²) in [5, 5.41) is 18.0. The van der Waals surface area contributed by atoms with Crippen molar-refractivity contribution in [2.75, 3.05) is 6.61 Å². The van der Waals surface area contributed by atoms with Gasteiger partial charge in [-0.25, -0.2) is 0 Å². The van der Waals surface area contributed by atoms with Crippen molar-refractivity contribution < 1.29 is 9.84 Å². The van der Waals surface area contributed by atoms with Gasteiger partial charge in [-0.3, -0.25) is 0 Å². The highest BCUT2D eigenvalue weighted by atomic mass is 79.9. The highest BCUT2D eigenvalue weighted by Gasteiger charge is 2.09. The van der Waals surface area contributed by atoms with Gasteiger partial charge in [0.15, 0.2) is 0 Å². The van der Waals surface area contributed by atoms with E-state index in [9.17, 15) is 5.11 Å². The summed E-state index contributed by atoms with van der Waals surface area (Å²) in [5.41, 5.74) is 0.786. The molecule has 0 aliphatic rings. The van der Waals surface area contributed by atoms with Crippen LogP contribution in [0.3, 0.4) is 0 Å². The van der Waals surface area contributed by atoms with Crippen LogP contribution in [0.5, 0.6) is 5.75 Å². The molecule has 0 radical (unpaired) electrons. The molecule has 4 heteroatoms. The van der Waals surface area contributed by atoms with Crippen LogP contribution in [0.4, 0.5) is 0 Å². The summed E-state index contributed by atoms with van der Waals surface area (Å²) in [6.45, 7) is 2.28. The molecule has 1 aromatic carbocycles. The Balaban J connectivity index is 2.57. The van der Waals surface area contributed by atoms with E-state index in [1.54, 1.807) is 6.92 Å². The lowest BCUT2D eigenvalue weighted by molar-refractivity contribution is 0.190. The van der Waals surface area contributed by atoms with Gasteiger partial charge < -0.3 is 9.84 Å². The van der Waals surface area contributed by atoms with Crippen LogP contribution >= 0.6 is 15.9 Å². The molecule has 17 heavy (non-hydrogen) atoms. The molecule has 0 aromatic heterocycles. The van der Waals surface area contributed by atoms with E-state index in [2.05, 4.69) is 22.0 Å². The fourth-order valence-corrected chi connectivity index (χ4v) is 1.81. The number of rotatable bonds is 6. The largest absolute Gasteiger partial charge is 0.493 e. The predicted octanol–water partition coefficient (Wildman–Crippen LogP) is 3.58. The molecule has 0 amide bonds. The van der Waals surface area contributed by atoms with Gasteiger partial charge in [0.05, 0.1) is 18.8 Å². The zero-order valence-corrected chi connectivity index (χ0v) is 11.4. The molecular weight excluding hydrogens is 282 g/mol. The zero-order chi connectivity index (χ0) is 12.7. The Morgan fingerprint density at radius 2 is 2.24 bits per heavy atom. The summed E-state index contributed by atoms with van der Waals surface area (Å²) in [6, 6.07) is 7.68. The molecule has 1 aromatic rings. The first-order chi connectivity index (χ1) is 8.15. The SMILES string of the molecule is C[C@H](O)c1ccc(Br)cc1OCCCCC#N. The lowest BCUT2D eigenvalue weighted by atomic mass is 10.1. The number of aliphatic hydroxyl groups is 1. The third-order valence-corrected chi connectivity index (χ3v) is 2.86. The number of nitriles is 1. The molecule has 0 fully saturated rings. The van der Waals surface area contributed by atoms with Crippen LogP contribution in [-0.2, 0) is 0 Å². The van der Waals surface area contributed by atoms with Gasteiger partial charge >= 0.3 is 0 Å². The van der Waals surface area contributed by atoms with Crippen LogP contribution in [0.2, 0.25) is 0 Å². The van der Waals surface area contributed by atoms with Crippen molar-refractivity contribution in [3.05, 3.63) is 28.2 Å². The van der Waals surface area contributed by atoms with Gasteiger partial charge in [-0.05, 0) is 31.9 Å². The van der Waals surface area contributed by atoms with Gasteiger partial charge in [0.25, 0.3) is 0 Å². The third-order valence-electron chi connectivity index (χ3n) is 2.37. The van der Waals surface area contributed by atoms with E-state index in [0.717, 1.165) is 22.9 Å². The molecule has 0 aliphatic carbocycles. The molecule has 92 valence electrons. The maximum Gasteiger partial charge on any atom is 0.126 e. The molecule has 3 nitrogen and oxygen atoms in total. The molecule has 0 aliphatic heterocycles. The van der Waals surface area contributed by atoms with E-state index < -0.39 is 6.10 Å². The third kappa shape index (κ3) is 4.76. The summed E-state index contributed by atoms with van der Waals surface area (Å²) < 4.78 is 6.55. The van der Waals surface area contributed by atoms with Crippen molar-refractivity contribution >= 4 is 15.9 Å². The second-order valence-electron chi connectivity index (χ2n) is 3.82. The van der Waals surface area contributed by atoms with E-state index in [4.69, 9.17) is 10.00 Å². The fraction of sp³-hybridized carbons (Fsp3) is 0.462. The average molecular weight is 298 g/mol. The molecule has 0 unspecified atom stereocenters. The van der Waals surface area contributed by atoms with Crippen LogP contribution in [0.25, 0.3) is 0 Å². The maximum atomic E-state index is 9.60. The number of aliphatic hydroxyl groups excluding tert-OH is 1. The van der Waals surface area contributed by atoms with Crippen molar-refractivity contribution in [2.24, 2.45) is 0 Å². The van der Waals surface area contributed by atoms with Gasteiger partial charge in [0.1, 0.15) is 5.75 Å². The Kier molecular flexibility index (Phi) is 6.03. The Hall–Kier alpha value is -1.05. The smallest absolute Gasteiger partial charge is 0.126 e. The first-order valence-corrected chi connectivity index (χ1v) is 6.41. The van der Waals surface area contributed by atoms with Crippen LogP contribution in [0.1, 0.15) is 37.9 Å². The van der Waals surface area contributed by atoms with Crippen LogP contribution < -0.4 is 4.74 Å². The number of hydrogen-bond donors (Lipinski definition) is 1. The standard InChI is InChI=1S/C13H16BrNO2/c1-10(16)12-6-5-11(14)9-13(12)17-8-4-2-3-7-15/h5-6,9-10,16H,2-4,8H2,1H3/t10-/m0/s1. The molecule has 0 heterocycles. The van der Waals surface area contributed by atoms with E-state index >= 15 is 0 Å². The zero-order valence-electron chi connectivity index (χ0n) is 9.82. The number of hydrogen-bond acceptors (Lipinski definition) is 3.